The third-order valence-corrected chi connectivity index (χ3v) is 6.40. The Labute approximate surface area is 80.4 Å². The molecule has 12 heavy (non-hydrogen) atoms. The van der Waals surface area contributed by atoms with Gasteiger partial charge in [-0.15, -0.1) is 0 Å². The van der Waals surface area contributed by atoms with Crippen molar-refractivity contribution in [2.24, 2.45) is 0 Å². The molecule has 0 aromatic carbocycles. The smallest absolute Gasteiger partial charge is 0.0362 e. The van der Waals surface area contributed by atoms with Crippen LogP contribution in [0.15, 0.2) is 0 Å². The minimum absolute atomic E-state index is 0.244. The van der Waals surface area contributed by atoms with E-state index >= 15 is 0 Å². The van der Waals surface area contributed by atoms with Gasteiger partial charge in [0.15, 0.2) is 0 Å². The van der Waals surface area contributed by atoms with Crippen LogP contribution in [0.25, 0.3) is 0 Å². The molecule has 0 aliphatic heterocycles. The first-order valence-electron chi connectivity index (χ1n) is 5.85. The van der Waals surface area contributed by atoms with Gasteiger partial charge in [-0.2, -0.15) is 0 Å². The van der Waals surface area contributed by atoms with E-state index in [1.807, 2.05) is 0 Å². The van der Waals surface area contributed by atoms with Gasteiger partial charge in [0.05, 0.1) is 0 Å². The zero-order chi connectivity index (χ0) is 9.23. The second-order valence-electron chi connectivity index (χ2n) is 3.89. The zero-order valence-corrected chi connectivity index (χ0v) is 10.4. The van der Waals surface area contributed by atoms with Crippen LogP contribution in [0, 0.1) is 0 Å². The maximum atomic E-state index is 2.38. The van der Waals surface area contributed by atoms with E-state index in [9.17, 15) is 0 Å². The Bertz CT molecular complexity index is 77.1. The molecule has 0 aromatic rings. The highest BCUT2D eigenvalue weighted by molar-refractivity contribution is 6.58. The molecule has 0 spiro atoms. The van der Waals surface area contributed by atoms with Crippen LogP contribution in [0.1, 0.15) is 52.9 Å². The Morgan fingerprint density at radius 2 is 1.33 bits per heavy atom. The van der Waals surface area contributed by atoms with Crippen LogP contribution < -0.4 is 0 Å². The second kappa shape index (κ2) is 9.31. The summed E-state index contributed by atoms with van der Waals surface area (Å²) < 4.78 is 0. The van der Waals surface area contributed by atoms with Crippen molar-refractivity contribution < 1.29 is 0 Å². The van der Waals surface area contributed by atoms with Crippen molar-refractivity contribution in [3.05, 3.63) is 0 Å². The van der Waals surface area contributed by atoms with Crippen molar-refractivity contribution in [2.45, 2.75) is 71.0 Å². The molecule has 0 fully saturated rings. The Kier molecular flexibility index (Phi) is 9.47. The van der Waals surface area contributed by atoms with Crippen LogP contribution in [0.5, 0.6) is 0 Å². The third-order valence-electron chi connectivity index (χ3n) is 2.87. The van der Waals surface area contributed by atoms with E-state index in [0.29, 0.717) is 0 Å². The Hall–Kier alpha value is 0.217. The number of hydrogen-bond acceptors (Lipinski definition) is 0. The SMILES string of the molecule is CCCCCCC[SiH](CC)CC. The second-order valence-corrected chi connectivity index (χ2v) is 7.83. The fourth-order valence-corrected chi connectivity index (χ4v) is 3.99. The summed E-state index contributed by atoms with van der Waals surface area (Å²) in [6.07, 6.45) is 7.33. The van der Waals surface area contributed by atoms with Gasteiger partial charge in [-0.3, -0.25) is 0 Å². The van der Waals surface area contributed by atoms with E-state index in [0.717, 1.165) is 0 Å². The highest BCUT2D eigenvalue weighted by Gasteiger charge is 2.03. The quantitative estimate of drug-likeness (QED) is 0.393. The molecule has 0 atom stereocenters. The summed E-state index contributed by atoms with van der Waals surface area (Å²) in [7, 11) is -0.244. The molecule has 0 aliphatic rings. The summed E-state index contributed by atoms with van der Waals surface area (Å²) in [5.74, 6) is 0. The van der Waals surface area contributed by atoms with Gasteiger partial charge < -0.3 is 0 Å². The minimum atomic E-state index is -0.244. The van der Waals surface area contributed by atoms with Crippen molar-refractivity contribution in [2.75, 3.05) is 0 Å². The molecular formula is C11H26Si. The first kappa shape index (κ1) is 12.2. The lowest BCUT2D eigenvalue weighted by atomic mass is 10.2. The summed E-state index contributed by atoms with van der Waals surface area (Å²) in [5.41, 5.74) is 0. The molecule has 0 radical (unpaired) electrons. The average molecular weight is 186 g/mol. The molecule has 0 aromatic heterocycles. The maximum Gasteiger partial charge on any atom is 0.0362 e. The standard InChI is InChI=1S/C11H26Si/c1-4-7-8-9-10-11-12(5-2)6-3/h12H,4-11H2,1-3H3. The monoisotopic (exact) mass is 186 g/mol. The van der Waals surface area contributed by atoms with Crippen molar-refractivity contribution in [1.82, 2.24) is 0 Å². The van der Waals surface area contributed by atoms with E-state index in [2.05, 4.69) is 20.8 Å². The molecular weight excluding hydrogens is 160 g/mol. The van der Waals surface area contributed by atoms with E-state index in [1.165, 1.54) is 44.2 Å². The molecule has 0 amide bonds. The van der Waals surface area contributed by atoms with Crippen molar-refractivity contribution in [3.63, 3.8) is 0 Å². The lowest BCUT2D eigenvalue weighted by Gasteiger charge is -2.09. The molecule has 74 valence electrons. The predicted molar refractivity (Wildman–Crippen MR) is 61.7 cm³/mol. The molecule has 0 heterocycles. The lowest BCUT2D eigenvalue weighted by Crippen LogP contribution is -2.07. The molecule has 1 heteroatoms. The van der Waals surface area contributed by atoms with E-state index in [-0.39, 0.29) is 8.80 Å². The predicted octanol–water partition coefficient (Wildman–Crippen LogP) is 4.22. The Morgan fingerprint density at radius 1 is 0.750 bits per heavy atom. The normalized spacial score (nSPS) is 11.0. The topological polar surface area (TPSA) is 0 Å². The summed E-state index contributed by atoms with van der Waals surface area (Å²) in [6.45, 7) is 7.05. The van der Waals surface area contributed by atoms with Gasteiger partial charge in [-0.05, 0) is 0 Å². The van der Waals surface area contributed by atoms with Crippen molar-refractivity contribution in [1.29, 1.82) is 0 Å². The molecule has 0 aliphatic carbocycles. The highest BCUT2D eigenvalue weighted by Crippen LogP contribution is 2.12. The van der Waals surface area contributed by atoms with Crippen molar-refractivity contribution in [3.8, 4) is 0 Å². The number of hydrogen-bond donors (Lipinski definition) is 0. The zero-order valence-electron chi connectivity index (χ0n) is 9.23. The lowest BCUT2D eigenvalue weighted by molar-refractivity contribution is 0.653. The van der Waals surface area contributed by atoms with E-state index < -0.39 is 0 Å². The summed E-state index contributed by atoms with van der Waals surface area (Å²) in [6, 6.07) is 4.64. The molecule has 0 N–H and O–H groups in total. The van der Waals surface area contributed by atoms with Crippen LogP contribution in [0.4, 0.5) is 0 Å². The molecule has 0 unspecified atom stereocenters. The van der Waals surface area contributed by atoms with Gasteiger partial charge in [0, 0.05) is 8.80 Å². The van der Waals surface area contributed by atoms with Crippen LogP contribution in [0.3, 0.4) is 0 Å². The largest absolute Gasteiger partial charge is 0.0680 e. The van der Waals surface area contributed by atoms with Crippen molar-refractivity contribution >= 4 is 8.80 Å². The first-order valence-corrected chi connectivity index (χ1v) is 8.30. The molecule has 0 bridgehead atoms. The van der Waals surface area contributed by atoms with Gasteiger partial charge in [0.1, 0.15) is 0 Å². The van der Waals surface area contributed by atoms with Gasteiger partial charge in [-0.1, -0.05) is 71.0 Å². The molecule has 0 saturated heterocycles. The summed E-state index contributed by atoms with van der Waals surface area (Å²) in [5, 5.41) is 0. The Balaban J connectivity index is 3.06. The highest BCUT2D eigenvalue weighted by atomic mass is 28.3. The maximum absolute atomic E-state index is 2.38. The van der Waals surface area contributed by atoms with Gasteiger partial charge in [0.25, 0.3) is 0 Å². The average Bonchev–Trinajstić information content (AvgIpc) is 2.11. The fraction of sp³-hybridized carbons (Fsp3) is 1.00. The van der Waals surface area contributed by atoms with E-state index in [1.54, 1.807) is 6.04 Å². The molecule has 0 nitrogen and oxygen atoms in total. The number of rotatable bonds is 8. The number of unbranched alkanes of at least 4 members (excludes halogenated alkanes) is 4. The summed E-state index contributed by atoms with van der Waals surface area (Å²) in [4.78, 5) is 0. The third kappa shape index (κ3) is 6.90. The Morgan fingerprint density at radius 3 is 1.83 bits per heavy atom. The van der Waals surface area contributed by atoms with Gasteiger partial charge in [0.2, 0.25) is 0 Å². The van der Waals surface area contributed by atoms with Crippen LogP contribution in [-0.2, 0) is 0 Å². The molecule has 0 rings (SSSR count). The molecule has 0 saturated carbocycles. The first-order chi connectivity index (χ1) is 5.85. The van der Waals surface area contributed by atoms with Gasteiger partial charge >= 0.3 is 0 Å². The van der Waals surface area contributed by atoms with Crippen LogP contribution >= 0.6 is 0 Å². The summed E-state index contributed by atoms with van der Waals surface area (Å²) >= 11 is 0. The minimum Gasteiger partial charge on any atom is -0.0680 e. The van der Waals surface area contributed by atoms with Crippen LogP contribution in [0.2, 0.25) is 18.1 Å². The fourth-order valence-electron chi connectivity index (χ4n) is 1.73. The van der Waals surface area contributed by atoms with Gasteiger partial charge in [-0.25, -0.2) is 0 Å². The van der Waals surface area contributed by atoms with E-state index in [4.69, 9.17) is 0 Å². The van der Waals surface area contributed by atoms with Crippen LogP contribution in [-0.4, -0.2) is 8.80 Å².